The van der Waals surface area contributed by atoms with E-state index in [2.05, 4.69) is 41.8 Å². The van der Waals surface area contributed by atoms with E-state index in [4.69, 9.17) is 11.6 Å². The maximum Gasteiger partial charge on any atom is 0.149 e. The molecule has 2 fully saturated rings. The summed E-state index contributed by atoms with van der Waals surface area (Å²) in [6, 6.07) is 6.13. The van der Waals surface area contributed by atoms with Gasteiger partial charge in [0.1, 0.15) is 16.8 Å². The number of rotatable bonds is 4. The molecular formula is C19H25ClN6. The van der Waals surface area contributed by atoms with Gasteiger partial charge in [0.2, 0.25) is 0 Å². The first-order valence-electron chi connectivity index (χ1n) is 9.39. The van der Waals surface area contributed by atoms with Crippen molar-refractivity contribution in [1.82, 2.24) is 19.9 Å². The van der Waals surface area contributed by atoms with E-state index in [0.29, 0.717) is 11.1 Å². The molecule has 0 bridgehead atoms. The van der Waals surface area contributed by atoms with Crippen molar-refractivity contribution in [2.45, 2.75) is 12.8 Å². The van der Waals surface area contributed by atoms with Gasteiger partial charge in [-0.15, -0.1) is 0 Å². The maximum atomic E-state index is 6.00. The van der Waals surface area contributed by atoms with Gasteiger partial charge in [-0.05, 0) is 30.9 Å². The van der Waals surface area contributed by atoms with Crippen molar-refractivity contribution in [1.29, 1.82) is 0 Å². The van der Waals surface area contributed by atoms with Crippen LogP contribution in [0.1, 0.15) is 12.8 Å². The van der Waals surface area contributed by atoms with Crippen LogP contribution in [0.3, 0.4) is 0 Å². The SMILES string of the molecule is Clc1cncc(N2CCCC(CN3CCN(c4ccccn4)CC3)C2)n1. The van der Waals surface area contributed by atoms with Gasteiger partial charge in [-0.2, -0.15) is 0 Å². The fraction of sp³-hybridized carbons (Fsp3) is 0.526. The molecule has 2 saturated heterocycles. The summed E-state index contributed by atoms with van der Waals surface area (Å²) < 4.78 is 0. The largest absolute Gasteiger partial charge is 0.355 e. The average Bonchev–Trinajstić information content (AvgIpc) is 2.69. The van der Waals surface area contributed by atoms with E-state index in [1.54, 1.807) is 6.20 Å². The van der Waals surface area contributed by atoms with Crippen molar-refractivity contribution < 1.29 is 0 Å². The highest BCUT2D eigenvalue weighted by molar-refractivity contribution is 6.29. The topological polar surface area (TPSA) is 48.4 Å². The smallest absolute Gasteiger partial charge is 0.149 e. The van der Waals surface area contributed by atoms with Gasteiger partial charge in [0.05, 0.1) is 12.4 Å². The van der Waals surface area contributed by atoms with E-state index >= 15 is 0 Å². The van der Waals surface area contributed by atoms with Gasteiger partial charge < -0.3 is 9.80 Å². The lowest BCUT2D eigenvalue weighted by atomic mass is 9.97. The normalized spacial score (nSPS) is 21.8. The van der Waals surface area contributed by atoms with Gasteiger partial charge in [0, 0.05) is 52.0 Å². The summed E-state index contributed by atoms with van der Waals surface area (Å²) in [5, 5.41) is 0.468. The first kappa shape index (κ1) is 17.5. The molecule has 4 heterocycles. The van der Waals surface area contributed by atoms with E-state index in [0.717, 1.165) is 57.4 Å². The molecule has 1 atom stereocenters. The third kappa shape index (κ3) is 4.24. The number of anilines is 2. The second-order valence-electron chi connectivity index (χ2n) is 7.13. The number of halogens is 1. The Morgan fingerprint density at radius 1 is 1.00 bits per heavy atom. The van der Waals surface area contributed by atoms with Crippen LogP contribution in [0.15, 0.2) is 36.8 Å². The molecule has 0 saturated carbocycles. The fourth-order valence-corrected chi connectivity index (χ4v) is 4.12. The Morgan fingerprint density at radius 3 is 2.65 bits per heavy atom. The van der Waals surface area contributed by atoms with E-state index in [9.17, 15) is 0 Å². The minimum Gasteiger partial charge on any atom is -0.355 e. The van der Waals surface area contributed by atoms with Crippen molar-refractivity contribution in [3.05, 3.63) is 41.9 Å². The van der Waals surface area contributed by atoms with E-state index in [-0.39, 0.29) is 0 Å². The molecule has 2 aliphatic rings. The number of piperidine rings is 1. The molecule has 138 valence electrons. The van der Waals surface area contributed by atoms with Gasteiger partial charge in [-0.1, -0.05) is 17.7 Å². The Morgan fingerprint density at radius 2 is 1.88 bits per heavy atom. The minimum atomic E-state index is 0.468. The third-order valence-electron chi connectivity index (χ3n) is 5.30. The number of hydrogen-bond donors (Lipinski definition) is 0. The molecule has 2 aromatic rings. The standard InChI is InChI=1S/C19H25ClN6/c20-17-12-21-13-19(23-17)26-7-3-4-16(15-26)14-24-8-10-25(11-9-24)18-5-1-2-6-22-18/h1-2,5-6,12-13,16H,3-4,7-11,14-15H2. The zero-order valence-electron chi connectivity index (χ0n) is 15.0. The van der Waals surface area contributed by atoms with Crippen molar-refractivity contribution in [3.8, 4) is 0 Å². The van der Waals surface area contributed by atoms with Gasteiger partial charge >= 0.3 is 0 Å². The molecule has 0 amide bonds. The zero-order chi connectivity index (χ0) is 17.8. The van der Waals surface area contributed by atoms with E-state index < -0.39 is 0 Å². The molecule has 0 radical (unpaired) electrons. The third-order valence-corrected chi connectivity index (χ3v) is 5.48. The minimum absolute atomic E-state index is 0.468. The second-order valence-corrected chi connectivity index (χ2v) is 7.52. The summed E-state index contributed by atoms with van der Waals surface area (Å²) in [4.78, 5) is 20.4. The molecule has 2 aromatic heterocycles. The summed E-state index contributed by atoms with van der Waals surface area (Å²) in [5.41, 5.74) is 0. The van der Waals surface area contributed by atoms with Gasteiger partial charge in [0.25, 0.3) is 0 Å². The summed E-state index contributed by atoms with van der Waals surface area (Å²) in [6.07, 6.45) is 7.77. The monoisotopic (exact) mass is 372 g/mol. The van der Waals surface area contributed by atoms with Crippen molar-refractivity contribution in [2.24, 2.45) is 5.92 Å². The van der Waals surface area contributed by atoms with E-state index in [1.165, 1.54) is 12.8 Å². The van der Waals surface area contributed by atoms with Gasteiger partial charge in [-0.3, -0.25) is 9.88 Å². The Labute approximate surface area is 159 Å². The highest BCUT2D eigenvalue weighted by Crippen LogP contribution is 2.23. The second kappa shape index (κ2) is 8.18. The number of pyridine rings is 1. The van der Waals surface area contributed by atoms with Crippen LogP contribution >= 0.6 is 11.6 Å². The summed E-state index contributed by atoms with van der Waals surface area (Å²) in [5.74, 6) is 2.67. The van der Waals surface area contributed by atoms with E-state index in [1.807, 2.05) is 18.5 Å². The summed E-state index contributed by atoms with van der Waals surface area (Å²) in [6.45, 7) is 7.53. The lowest BCUT2D eigenvalue weighted by Gasteiger charge is -2.39. The van der Waals surface area contributed by atoms with Crippen LogP contribution in [-0.2, 0) is 0 Å². The highest BCUT2D eigenvalue weighted by Gasteiger charge is 2.25. The van der Waals surface area contributed by atoms with Gasteiger partial charge in [0.15, 0.2) is 0 Å². The summed E-state index contributed by atoms with van der Waals surface area (Å²) >= 11 is 6.00. The van der Waals surface area contributed by atoms with Crippen LogP contribution in [0.25, 0.3) is 0 Å². The first-order chi connectivity index (χ1) is 12.8. The Hall–Kier alpha value is -1.92. The lowest BCUT2D eigenvalue weighted by molar-refractivity contribution is 0.205. The van der Waals surface area contributed by atoms with Crippen molar-refractivity contribution >= 4 is 23.2 Å². The molecule has 7 heteroatoms. The highest BCUT2D eigenvalue weighted by atomic mass is 35.5. The zero-order valence-corrected chi connectivity index (χ0v) is 15.7. The molecule has 6 nitrogen and oxygen atoms in total. The van der Waals surface area contributed by atoms with Crippen LogP contribution in [0.4, 0.5) is 11.6 Å². The maximum absolute atomic E-state index is 6.00. The van der Waals surface area contributed by atoms with Crippen LogP contribution in [0.5, 0.6) is 0 Å². The first-order valence-corrected chi connectivity index (χ1v) is 9.76. The Bertz CT molecular complexity index is 704. The van der Waals surface area contributed by atoms with Crippen molar-refractivity contribution in [3.63, 3.8) is 0 Å². The van der Waals surface area contributed by atoms with Crippen LogP contribution < -0.4 is 9.80 Å². The molecule has 0 aromatic carbocycles. The molecule has 0 spiro atoms. The number of nitrogens with zero attached hydrogens (tertiary/aromatic N) is 6. The predicted molar refractivity (Wildman–Crippen MR) is 105 cm³/mol. The Balaban J connectivity index is 1.29. The molecule has 1 unspecified atom stereocenters. The van der Waals surface area contributed by atoms with Crippen LogP contribution in [0.2, 0.25) is 5.15 Å². The fourth-order valence-electron chi connectivity index (χ4n) is 3.97. The van der Waals surface area contributed by atoms with Crippen LogP contribution in [0, 0.1) is 5.92 Å². The van der Waals surface area contributed by atoms with Crippen molar-refractivity contribution in [2.75, 3.05) is 55.6 Å². The molecule has 26 heavy (non-hydrogen) atoms. The average molecular weight is 373 g/mol. The molecule has 0 N–H and O–H groups in total. The lowest BCUT2D eigenvalue weighted by Crippen LogP contribution is -2.50. The summed E-state index contributed by atoms with van der Waals surface area (Å²) in [7, 11) is 0. The quantitative estimate of drug-likeness (QED) is 0.822. The molecule has 2 aliphatic heterocycles. The molecule has 4 rings (SSSR count). The predicted octanol–water partition coefficient (Wildman–Crippen LogP) is 2.56. The number of piperazine rings is 1. The van der Waals surface area contributed by atoms with Gasteiger partial charge in [-0.25, -0.2) is 9.97 Å². The number of aromatic nitrogens is 3. The molecular weight excluding hydrogens is 348 g/mol. The molecule has 0 aliphatic carbocycles. The van der Waals surface area contributed by atoms with Crippen LogP contribution in [-0.4, -0.2) is 65.7 Å². The Kier molecular flexibility index (Phi) is 5.51. The number of hydrogen-bond acceptors (Lipinski definition) is 6.